The smallest absolute Gasteiger partial charge is 0.335 e. The van der Waals surface area contributed by atoms with E-state index >= 15 is 0 Å². The molecule has 0 saturated heterocycles. The number of carbonyl (C=O) groups is 2. The monoisotopic (exact) mass is 345 g/mol. The van der Waals surface area contributed by atoms with E-state index in [2.05, 4.69) is 5.32 Å². The van der Waals surface area contributed by atoms with Crippen LogP contribution in [0.25, 0.3) is 0 Å². The minimum absolute atomic E-state index is 0.135. The predicted octanol–water partition coefficient (Wildman–Crippen LogP) is 3.04. The van der Waals surface area contributed by atoms with Crippen molar-refractivity contribution in [1.29, 1.82) is 0 Å². The van der Waals surface area contributed by atoms with Gasteiger partial charge in [0.15, 0.2) is 11.6 Å². The largest absolute Gasteiger partial charge is 0.486 e. The number of ether oxygens (including phenoxy) is 1. The second-order valence-corrected chi connectivity index (χ2v) is 5.56. The molecule has 0 bridgehead atoms. The summed E-state index contributed by atoms with van der Waals surface area (Å²) in [7, 11) is 0. The highest BCUT2D eigenvalue weighted by Gasteiger charge is 2.13. The molecule has 0 aliphatic heterocycles. The number of para-hydroxylation sites is 1. The van der Waals surface area contributed by atoms with Crippen molar-refractivity contribution in [2.24, 2.45) is 0 Å². The van der Waals surface area contributed by atoms with Crippen LogP contribution in [0.5, 0.6) is 5.75 Å². The van der Waals surface area contributed by atoms with E-state index in [1.807, 2.05) is 6.92 Å². The molecular formula is C19H20FNO4. The summed E-state index contributed by atoms with van der Waals surface area (Å²) in [5.41, 5.74) is 0.888. The minimum Gasteiger partial charge on any atom is -0.486 e. The van der Waals surface area contributed by atoms with Crippen molar-refractivity contribution >= 4 is 11.9 Å². The highest BCUT2D eigenvalue weighted by atomic mass is 19.1. The van der Waals surface area contributed by atoms with Gasteiger partial charge in [-0.1, -0.05) is 31.2 Å². The Morgan fingerprint density at radius 3 is 2.44 bits per heavy atom. The third kappa shape index (κ3) is 5.60. The molecule has 1 unspecified atom stereocenters. The summed E-state index contributed by atoms with van der Waals surface area (Å²) in [6.45, 7) is 2.15. The van der Waals surface area contributed by atoms with Crippen molar-refractivity contribution in [3.8, 4) is 5.75 Å². The maximum atomic E-state index is 13.6. The van der Waals surface area contributed by atoms with Crippen LogP contribution in [0.3, 0.4) is 0 Å². The summed E-state index contributed by atoms with van der Waals surface area (Å²) >= 11 is 0. The van der Waals surface area contributed by atoms with E-state index in [1.54, 1.807) is 30.3 Å². The van der Waals surface area contributed by atoms with Crippen molar-refractivity contribution in [1.82, 2.24) is 5.32 Å². The van der Waals surface area contributed by atoms with Gasteiger partial charge in [-0.15, -0.1) is 0 Å². The van der Waals surface area contributed by atoms with E-state index in [-0.39, 0.29) is 36.3 Å². The standard InChI is InChI=1S/C19H20FNO4/c1-2-15(25-17-6-4-3-5-16(17)20)12-21-18(22)11-13-7-9-14(10-8-13)19(23)24/h3-10,15H,2,11-12H2,1H3,(H,21,22)(H,23,24). The molecule has 0 saturated carbocycles. The van der Waals surface area contributed by atoms with Gasteiger partial charge in [0.1, 0.15) is 6.10 Å². The SMILES string of the molecule is CCC(CNC(=O)Cc1ccc(C(=O)O)cc1)Oc1ccccc1F. The fourth-order valence-corrected chi connectivity index (χ4v) is 2.23. The van der Waals surface area contributed by atoms with Crippen LogP contribution in [0.15, 0.2) is 48.5 Å². The average molecular weight is 345 g/mol. The fourth-order valence-electron chi connectivity index (χ4n) is 2.23. The first-order valence-corrected chi connectivity index (χ1v) is 7.99. The maximum Gasteiger partial charge on any atom is 0.335 e. The quantitative estimate of drug-likeness (QED) is 0.771. The molecule has 0 fully saturated rings. The van der Waals surface area contributed by atoms with Crippen molar-refractivity contribution in [2.45, 2.75) is 25.9 Å². The summed E-state index contributed by atoms with van der Waals surface area (Å²) in [5.74, 6) is -1.50. The van der Waals surface area contributed by atoms with Crippen LogP contribution in [0.1, 0.15) is 29.3 Å². The molecule has 6 heteroatoms. The fraction of sp³-hybridized carbons (Fsp3) is 0.263. The molecule has 1 amide bonds. The van der Waals surface area contributed by atoms with Crippen LogP contribution in [-0.2, 0) is 11.2 Å². The lowest BCUT2D eigenvalue weighted by atomic mass is 10.1. The third-order valence-electron chi connectivity index (χ3n) is 3.68. The van der Waals surface area contributed by atoms with Crippen LogP contribution in [0, 0.1) is 5.82 Å². The minimum atomic E-state index is -1.01. The van der Waals surface area contributed by atoms with Gasteiger partial charge >= 0.3 is 5.97 Å². The summed E-state index contributed by atoms with van der Waals surface area (Å²) in [5, 5.41) is 11.6. The Morgan fingerprint density at radius 2 is 1.84 bits per heavy atom. The van der Waals surface area contributed by atoms with E-state index in [0.717, 1.165) is 0 Å². The van der Waals surface area contributed by atoms with Crippen LogP contribution in [0.2, 0.25) is 0 Å². The number of halogens is 1. The number of carboxylic acid groups (broad SMARTS) is 1. The Kier molecular flexibility index (Phi) is 6.51. The normalized spacial score (nSPS) is 11.6. The highest BCUT2D eigenvalue weighted by molar-refractivity contribution is 5.87. The van der Waals surface area contributed by atoms with Crippen molar-refractivity contribution in [2.75, 3.05) is 6.54 Å². The lowest BCUT2D eigenvalue weighted by Gasteiger charge is -2.18. The molecule has 2 rings (SSSR count). The van der Waals surface area contributed by atoms with Crippen LogP contribution < -0.4 is 10.1 Å². The summed E-state index contributed by atoms with van der Waals surface area (Å²) in [4.78, 5) is 22.8. The number of carbonyl (C=O) groups excluding carboxylic acids is 1. The van der Waals surface area contributed by atoms with Crippen molar-refractivity contribution < 1.29 is 23.8 Å². The Balaban J connectivity index is 1.85. The Morgan fingerprint density at radius 1 is 1.16 bits per heavy atom. The van der Waals surface area contributed by atoms with Crippen molar-refractivity contribution in [3.05, 3.63) is 65.5 Å². The Hall–Kier alpha value is -2.89. The van der Waals surface area contributed by atoms with Crippen LogP contribution in [0.4, 0.5) is 4.39 Å². The van der Waals surface area contributed by atoms with Gasteiger partial charge < -0.3 is 15.2 Å². The number of rotatable bonds is 8. The summed E-state index contributed by atoms with van der Waals surface area (Å²) in [6, 6.07) is 12.3. The summed E-state index contributed by atoms with van der Waals surface area (Å²) in [6.07, 6.45) is 0.410. The third-order valence-corrected chi connectivity index (χ3v) is 3.68. The van der Waals surface area contributed by atoms with Gasteiger partial charge in [0, 0.05) is 0 Å². The van der Waals surface area contributed by atoms with E-state index in [4.69, 9.17) is 9.84 Å². The molecule has 0 aliphatic carbocycles. The molecule has 0 heterocycles. The molecule has 0 aliphatic rings. The first-order valence-electron chi connectivity index (χ1n) is 7.99. The number of carboxylic acids is 1. The van der Waals surface area contributed by atoms with E-state index in [9.17, 15) is 14.0 Å². The number of hydrogen-bond acceptors (Lipinski definition) is 3. The molecule has 5 nitrogen and oxygen atoms in total. The molecule has 2 aromatic rings. The van der Waals surface area contributed by atoms with E-state index in [0.29, 0.717) is 12.0 Å². The van der Waals surface area contributed by atoms with Gasteiger partial charge in [-0.05, 0) is 36.2 Å². The second-order valence-electron chi connectivity index (χ2n) is 5.56. The van der Waals surface area contributed by atoms with Crippen LogP contribution >= 0.6 is 0 Å². The Bertz CT molecular complexity index is 730. The number of aromatic carboxylic acids is 1. The number of benzene rings is 2. The van der Waals surface area contributed by atoms with Gasteiger partial charge in [0.2, 0.25) is 5.91 Å². The Labute approximate surface area is 145 Å². The number of hydrogen-bond donors (Lipinski definition) is 2. The number of nitrogens with one attached hydrogen (secondary N) is 1. The van der Waals surface area contributed by atoms with Gasteiger partial charge in [0.05, 0.1) is 18.5 Å². The molecule has 132 valence electrons. The van der Waals surface area contributed by atoms with Gasteiger partial charge in [-0.2, -0.15) is 0 Å². The van der Waals surface area contributed by atoms with Gasteiger partial charge in [-0.25, -0.2) is 9.18 Å². The van der Waals surface area contributed by atoms with Crippen LogP contribution in [-0.4, -0.2) is 29.6 Å². The predicted molar refractivity (Wildman–Crippen MR) is 91.2 cm³/mol. The second kappa shape index (κ2) is 8.82. The topological polar surface area (TPSA) is 75.6 Å². The van der Waals surface area contributed by atoms with E-state index in [1.165, 1.54) is 18.2 Å². The average Bonchev–Trinajstić information content (AvgIpc) is 2.60. The molecule has 1 atom stereocenters. The molecule has 2 aromatic carbocycles. The molecular weight excluding hydrogens is 325 g/mol. The number of amides is 1. The lowest BCUT2D eigenvalue weighted by Crippen LogP contribution is -2.35. The van der Waals surface area contributed by atoms with Gasteiger partial charge in [0.25, 0.3) is 0 Å². The zero-order valence-corrected chi connectivity index (χ0v) is 13.9. The maximum absolute atomic E-state index is 13.6. The molecule has 0 aromatic heterocycles. The first kappa shape index (κ1) is 18.4. The van der Waals surface area contributed by atoms with Gasteiger partial charge in [-0.3, -0.25) is 4.79 Å². The van der Waals surface area contributed by atoms with E-state index < -0.39 is 11.8 Å². The molecule has 2 N–H and O–H groups in total. The zero-order chi connectivity index (χ0) is 18.2. The highest BCUT2D eigenvalue weighted by Crippen LogP contribution is 2.17. The van der Waals surface area contributed by atoms with Crippen molar-refractivity contribution in [3.63, 3.8) is 0 Å². The first-order chi connectivity index (χ1) is 12.0. The molecule has 0 radical (unpaired) electrons. The molecule has 0 spiro atoms. The molecule has 25 heavy (non-hydrogen) atoms. The summed E-state index contributed by atoms with van der Waals surface area (Å²) < 4.78 is 19.2. The zero-order valence-electron chi connectivity index (χ0n) is 13.9. The lowest BCUT2D eigenvalue weighted by molar-refractivity contribution is -0.120.